The van der Waals surface area contributed by atoms with Crippen molar-refractivity contribution in [3.05, 3.63) is 21.6 Å². The number of H-pyrrole nitrogens is 1. The van der Waals surface area contributed by atoms with Gasteiger partial charge in [0.1, 0.15) is 0 Å². The maximum Gasteiger partial charge on any atom is 0.270 e. The van der Waals surface area contributed by atoms with E-state index < -0.39 is 0 Å². The van der Waals surface area contributed by atoms with Crippen molar-refractivity contribution < 1.29 is 0 Å². The Morgan fingerprint density at radius 3 is 2.64 bits per heavy atom. The largest absolute Gasteiger partial charge is 0.299 e. The average Bonchev–Trinajstić information content (AvgIpc) is 2.74. The molecule has 3 nitrogen and oxygen atoms in total. The zero-order chi connectivity index (χ0) is 10.1. The third kappa shape index (κ3) is 1.31. The highest BCUT2D eigenvalue weighted by molar-refractivity contribution is 5.22. The highest BCUT2D eigenvalue weighted by Crippen LogP contribution is 2.19. The molecule has 1 heterocycles. The Balaban J connectivity index is 2.40. The van der Waals surface area contributed by atoms with Gasteiger partial charge in [0, 0.05) is 11.3 Å². The van der Waals surface area contributed by atoms with E-state index in [-0.39, 0.29) is 5.56 Å². The SMILES string of the molecule is CCC(CC)n1[nH]c2c(c1=O)CCC2. The van der Waals surface area contributed by atoms with Gasteiger partial charge < -0.3 is 0 Å². The van der Waals surface area contributed by atoms with E-state index in [2.05, 4.69) is 18.9 Å². The zero-order valence-corrected chi connectivity index (χ0v) is 8.97. The molecule has 2 rings (SSSR count). The molecular weight excluding hydrogens is 176 g/mol. The van der Waals surface area contributed by atoms with Gasteiger partial charge in [-0.3, -0.25) is 9.89 Å². The molecule has 1 aliphatic rings. The number of fused-ring (bicyclic) bond motifs is 1. The molecule has 0 saturated carbocycles. The molecule has 0 bridgehead atoms. The van der Waals surface area contributed by atoms with Crippen molar-refractivity contribution in [1.82, 2.24) is 9.78 Å². The van der Waals surface area contributed by atoms with Gasteiger partial charge in [-0.1, -0.05) is 13.8 Å². The van der Waals surface area contributed by atoms with Gasteiger partial charge in [0.05, 0.1) is 6.04 Å². The summed E-state index contributed by atoms with van der Waals surface area (Å²) in [6, 6.07) is 0.355. The molecule has 0 saturated heterocycles. The summed E-state index contributed by atoms with van der Waals surface area (Å²) in [6.07, 6.45) is 5.21. The van der Waals surface area contributed by atoms with E-state index in [1.54, 1.807) is 0 Å². The second-order valence-corrected chi connectivity index (χ2v) is 4.07. The molecule has 1 aromatic heterocycles. The number of aromatic nitrogens is 2. The van der Waals surface area contributed by atoms with Gasteiger partial charge in [-0.15, -0.1) is 0 Å². The van der Waals surface area contributed by atoms with E-state index in [4.69, 9.17) is 0 Å². The molecule has 0 unspecified atom stereocenters. The highest BCUT2D eigenvalue weighted by atomic mass is 16.1. The van der Waals surface area contributed by atoms with Crippen LogP contribution in [0.3, 0.4) is 0 Å². The van der Waals surface area contributed by atoms with E-state index in [0.717, 1.165) is 37.7 Å². The lowest BCUT2D eigenvalue weighted by atomic mass is 10.2. The van der Waals surface area contributed by atoms with Crippen LogP contribution in [-0.4, -0.2) is 9.78 Å². The third-order valence-corrected chi connectivity index (χ3v) is 3.26. The minimum absolute atomic E-state index is 0.228. The molecule has 3 heteroatoms. The molecule has 0 aliphatic heterocycles. The third-order valence-electron chi connectivity index (χ3n) is 3.26. The van der Waals surface area contributed by atoms with Gasteiger partial charge in [-0.05, 0) is 32.1 Å². The molecule has 0 radical (unpaired) electrons. The molecule has 14 heavy (non-hydrogen) atoms. The minimum Gasteiger partial charge on any atom is -0.299 e. The van der Waals surface area contributed by atoms with E-state index >= 15 is 0 Å². The van der Waals surface area contributed by atoms with Crippen molar-refractivity contribution >= 4 is 0 Å². The number of hydrogen-bond acceptors (Lipinski definition) is 1. The molecule has 0 aromatic carbocycles. The van der Waals surface area contributed by atoms with E-state index in [1.807, 2.05) is 4.68 Å². The second-order valence-electron chi connectivity index (χ2n) is 4.07. The predicted molar refractivity (Wildman–Crippen MR) is 56.7 cm³/mol. The number of aromatic amines is 1. The lowest BCUT2D eigenvalue weighted by Gasteiger charge is -2.13. The van der Waals surface area contributed by atoms with Crippen LogP contribution in [-0.2, 0) is 12.8 Å². The molecule has 1 N–H and O–H groups in total. The number of nitrogens with one attached hydrogen (secondary N) is 1. The van der Waals surface area contributed by atoms with Crippen LogP contribution >= 0.6 is 0 Å². The molecule has 0 spiro atoms. The van der Waals surface area contributed by atoms with E-state index in [1.165, 1.54) is 5.69 Å². The van der Waals surface area contributed by atoms with Gasteiger partial charge in [-0.2, -0.15) is 0 Å². The maximum absolute atomic E-state index is 12.0. The Labute approximate surface area is 84.1 Å². The van der Waals surface area contributed by atoms with Crippen LogP contribution in [0.5, 0.6) is 0 Å². The molecular formula is C11H18N2O. The van der Waals surface area contributed by atoms with Crippen molar-refractivity contribution in [1.29, 1.82) is 0 Å². The monoisotopic (exact) mass is 194 g/mol. The second kappa shape index (κ2) is 3.64. The van der Waals surface area contributed by atoms with Crippen LogP contribution in [0.1, 0.15) is 50.4 Å². The predicted octanol–water partition coefficient (Wildman–Crippen LogP) is 2.03. The quantitative estimate of drug-likeness (QED) is 0.785. The molecule has 1 aliphatic carbocycles. The number of rotatable bonds is 3. The highest BCUT2D eigenvalue weighted by Gasteiger charge is 2.21. The van der Waals surface area contributed by atoms with Crippen LogP contribution < -0.4 is 5.56 Å². The van der Waals surface area contributed by atoms with Gasteiger partial charge in [0.2, 0.25) is 0 Å². The Hall–Kier alpha value is -0.990. The van der Waals surface area contributed by atoms with Gasteiger partial charge >= 0.3 is 0 Å². The smallest absolute Gasteiger partial charge is 0.270 e. The van der Waals surface area contributed by atoms with Crippen molar-refractivity contribution in [2.75, 3.05) is 0 Å². The number of aryl methyl sites for hydroxylation is 1. The lowest BCUT2D eigenvalue weighted by Crippen LogP contribution is -2.23. The molecule has 0 atom stereocenters. The standard InChI is InChI=1S/C11H18N2O/c1-3-8(4-2)13-11(14)9-6-5-7-10(9)12-13/h8,12H,3-7H2,1-2H3. The van der Waals surface area contributed by atoms with Crippen molar-refractivity contribution in [2.45, 2.75) is 52.0 Å². The topological polar surface area (TPSA) is 37.8 Å². The van der Waals surface area contributed by atoms with E-state index in [9.17, 15) is 4.79 Å². The Morgan fingerprint density at radius 2 is 2.07 bits per heavy atom. The fraction of sp³-hybridized carbons (Fsp3) is 0.727. The fourth-order valence-corrected chi connectivity index (χ4v) is 2.36. The Morgan fingerprint density at radius 1 is 1.36 bits per heavy atom. The Bertz CT molecular complexity index is 371. The lowest BCUT2D eigenvalue weighted by molar-refractivity contribution is 0.413. The van der Waals surface area contributed by atoms with Crippen LogP contribution in [0.15, 0.2) is 4.79 Å². The summed E-state index contributed by atoms with van der Waals surface area (Å²) in [4.78, 5) is 12.0. The number of hydrogen-bond donors (Lipinski definition) is 1. The van der Waals surface area contributed by atoms with E-state index in [0.29, 0.717) is 6.04 Å². The van der Waals surface area contributed by atoms with Gasteiger partial charge in [0.15, 0.2) is 0 Å². The molecule has 78 valence electrons. The zero-order valence-electron chi connectivity index (χ0n) is 8.97. The summed E-state index contributed by atoms with van der Waals surface area (Å²) in [5.41, 5.74) is 2.45. The molecule has 0 amide bonds. The average molecular weight is 194 g/mol. The summed E-state index contributed by atoms with van der Waals surface area (Å²) in [7, 11) is 0. The fourth-order valence-electron chi connectivity index (χ4n) is 2.36. The summed E-state index contributed by atoms with van der Waals surface area (Å²) < 4.78 is 1.84. The number of nitrogens with zero attached hydrogens (tertiary/aromatic N) is 1. The summed E-state index contributed by atoms with van der Waals surface area (Å²) in [5, 5.41) is 3.27. The summed E-state index contributed by atoms with van der Waals surface area (Å²) in [6.45, 7) is 4.26. The summed E-state index contributed by atoms with van der Waals surface area (Å²) in [5.74, 6) is 0. The molecule has 0 fully saturated rings. The first kappa shape index (κ1) is 9.56. The van der Waals surface area contributed by atoms with Crippen LogP contribution in [0.2, 0.25) is 0 Å². The van der Waals surface area contributed by atoms with Crippen molar-refractivity contribution in [3.8, 4) is 0 Å². The normalized spacial score (nSPS) is 15.1. The first-order valence-electron chi connectivity index (χ1n) is 5.60. The van der Waals surface area contributed by atoms with Gasteiger partial charge in [-0.25, -0.2) is 4.68 Å². The first-order chi connectivity index (χ1) is 6.77. The minimum atomic E-state index is 0.228. The van der Waals surface area contributed by atoms with Crippen LogP contribution in [0.4, 0.5) is 0 Å². The van der Waals surface area contributed by atoms with Crippen molar-refractivity contribution in [3.63, 3.8) is 0 Å². The van der Waals surface area contributed by atoms with Crippen LogP contribution in [0.25, 0.3) is 0 Å². The molecule has 1 aromatic rings. The van der Waals surface area contributed by atoms with Crippen molar-refractivity contribution in [2.24, 2.45) is 0 Å². The van der Waals surface area contributed by atoms with Gasteiger partial charge in [0.25, 0.3) is 5.56 Å². The summed E-state index contributed by atoms with van der Waals surface area (Å²) >= 11 is 0. The Kier molecular flexibility index (Phi) is 2.48. The first-order valence-corrected chi connectivity index (χ1v) is 5.60. The van der Waals surface area contributed by atoms with Crippen LogP contribution in [0, 0.1) is 0 Å². The maximum atomic E-state index is 12.0.